The molecule has 114 valence electrons. The number of rotatable bonds is 4. The average Bonchev–Trinajstić information content (AvgIpc) is 3.28. The zero-order valence-electron chi connectivity index (χ0n) is 12.2. The maximum atomic E-state index is 12.4. The van der Waals surface area contributed by atoms with Gasteiger partial charge in [-0.15, -0.1) is 0 Å². The van der Waals surface area contributed by atoms with Crippen LogP contribution in [-0.4, -0.2) is 5.91 Å². The van der Waals surface area contributed by atoms with Crippen LogP contribution in [0.4, 0.5) is 0 Å². The van der Waals surface area contributed by atoms with Crippen LogP contribution in [0.3, 0.4) is 0 Å². The van der Waals surface area contributed by atoms with Gasteiger partial charge in [0, 0.05) is 16.0 Å². The molecule has 3 rings (SSSR count). The van der Waals surface area contributed by atoms with Gasteiger partial charge in [-0.05, 0) is 42.5 Å². The number of carbonyl (C=O) groups is 1. The minimum atomic E-state index is -0.103. The number of halogens is 2. The van der Waals surface area contributed by atoms with Crippen molar-refractivity contribution in [2.75, 3.05) is 0 Å². The molecule has 4 heteroatoms. The quantitative estimate of drug-likeness (QED) is 0.840. The van der Waals surface area contributed by atoms with E-state index in [1.165, 1.54) is 0 Å². The van der Waals surface area contributed by atoms with Crippen molar-refractivity contribution >= 4 is 29.1 Å². The SMILES string of the molecule is CC(NC(=O)C1CC1c1ccccc1Cl)c1ccccc1Cl. The second-order valence-electron chi connectivity index (χ2n) is 5.72. The van der Waals surface area contributed by atoms with Crippen LogP contribution in [0.1, 0.15) is 36.4 Å². The van der Waals surface area contributed by atoms with Crippen LogP contribution in [0, 0.1) is 5.92 Å². The highest BCUT2D eigenvalue weighted by Gasteiger charge is 2.45. The molecule has 1 amide bonds. The third-order valence-electron chi connectivity index (χ3n) is 4.16. The summed E-state index contributed by atoms with van der Waals surface area (Å²) < 4.78 is 0. The van der Waals surface area contributed by atoms with Crippen LogP contribution in [0.5, 0.6) is 0 Å². The lowest BCUT2D eigenvalue weighted by Crippen LogP contribution is -2.28. The summed E-state index contributed by atoms with van der Waals surface area (Å²) in [7, 11) is 0. The van der Waals surface area contributed by atoms with Crippen LogP contribution < -0.4 is 5.32 Å². The first-order valence-electron chi connectivity index (χ1n) is 7.37. The molecule has 0 radical (unpaired) electrons. The molecule has 0 bridgehead atoms. The molecule has 0 heterocycles. The highest BCUT2D eigenvalue weighted by Crippen LogP contribution is 2.49. The molecular weight excluding hydrogens is 317 g/mol. The summed E-state index contributed by atoms with van der Waals surface area (Å²) in [6, 6.07) is 15.2. The highest BCUT2D eigenvalue weighted by molar-refractivity contribution is 6.31. The third kappa shape index (κ3) is 3.13. The van der Waals surface area contributed by atoms with Crippen LogP contribution in [0.15, 0.2) is 48.5 Å². The van der Waals surface area contributed by atoms with E-state index in [0.717, 1.165) is 22.6 Å². The standard InChI is InChI=1S/C18H17Cl2NO/c1-11(12-6-2-4-8-16(12)19)21-18(22)15-10-14(15)13-7-3-5-9-17(13)20/h2-9,11,14-15H,10H2,1H3,(H,21,22). The maximum Gasteiger partial charge on any atom is 0.224 e. The number of amides is 1. The summed E-state index contributed by atoms with van der Waals surface area (Å²) in [6.07, 6.45) is 0.852. The minimum absolute atomic E-state index is 0.00448. The average molecular weight is 334 g/mol. The predicted molar refractivity (Wildman–Crippen MR) is 90.3 cm³/mol. The van der Waals surface area contributed by atoms with Gasteiger partial charge in [0.25, 0.3) is 0 Å². The van der Waals surface area contributed by atoms with Crippen LogP contribution in [0.25, 0.3) is 0 Å². The van der Waals surface area contributed by atoms with Gasteiger partial charge >= 0.3 is 0 Å². The van der Waals surface area contributed by atoms with Crippen molar-refractivity contribution in [3.63, 3.8) is 0 Å². The van der Waals surface area contributed by atoms with Gasteiger partial charge in [-0.2, -0.15) is 0 Å². The van der Waals surface area contributed by atoms with Crippen molar-refractivity contribution in [3.8, 4) is 0 Å². The second-order valence-corrected chi connectivity index (χ2v) is 6.54. The lowest BCUT2D eigenvalue weighted by molar-refractivity contribution is -0.123. The Hall–Kier alpha value is -1.51. The summed E-state index contributed by atoms with van der Waals surface area (Å²) in [5.41, 5.74) is 2.00. The fraction of sp³-hybridized carbons (Fsp3) is 0.278. The monoisotopic (exact) mass is 333 g/mol. The second kappa shape index (κ2) is 6.31. The molecular formula is C18H17Cl2NO. The molecule has 1 saturated carbocycles. The van der Waals surface area contributed by atoms with Gasteiger partial charge in [0.15, 0.2) is 0 Å². The van der Waals surface area contributed by atoms with Gasteiger partial charge in [0.2, 0.25) is 5.91 Å². The molecule has 2 aromatic carbocycles. The smallest absolute Gasteiger partial charge is 0.224 e. The Kier molecular flexibility index (Phi) is 4.42. The predicted octanol–water partition coefficient (Wildman–Crippen LogP) is 4.97. The molecule has 1 N–H and O–H groups in total. The van der Waals surface area contributed by atoms with Crippen molar-refractivity contribution in [2.45, 2.75) is 25.3 Å². The first-order valence-corrected chi connectivity index (χ1v) is 8.12. The Morgan fingerprint density at radius 1 is 1.09 bits per heavy atom. The van der Waals surface area contributed by atoms with Gasteiger partial charge in [-0.25, -0.2) is 0 Å². The number of carbonyl (C=O) groups excluding carboxylic acids is 1. The third-order valence-corrected chi connectivity index (χ3v) is 4.85. The summed E-state index contributed by atoms with van der Waals surface area (Å²) in [5, 5.41) is 4.46. The summed E-state index contributed by atoms with van der Waals surface area (Å²) in [5.74, 6) is 0.300. The fourth-order valence-electron chi connectivity index (χ4n) is 2.83. The number of nitrogens with one attached hydrogen (secondary N) is 1. The van der Waals surface area contributed by atoms with Crippen molar-refractivity contribution < 1.29 is 4.79 Å². The number of hydrogen-bond acceptors (Lipinski definition) is 1. The Labute approximate surface area is 140 Å². The van der Waals surface area contributed by atoms with E-state index in [0.29, 0.717) is 5.02 Å². The Morgan fingerprint density at radius 3 is 2.41 bits per heavy atom. The van der Waals surface area contributed by atoms with Crippen LogP contribution >= 0.6 is 23.2 Å². The van der Waals surface area contributed by atoms with Gasteiger partial charge < -0.3 is 5.32 Å². The largest absolute Gasteiger partial charge is 0.349 e. The normalized spacial score (nSPS) is 21.2. The molecule has 0 aromatic heterocycles. The van der Waals surface area contributed by atoms with Crippen molar-refractivity contribution in [2.24, 2.45) is 5.92 Å². The van der Waals surface area contributed by atoms with Gasteiger partial charge in [0.05, 0.1) is 6.04 Å². The maximum absolute atomic E-state index is 12.4. The van der Waals surface area contributed by atoms with E-state index >= 15 is 0 Å². The lowest BCUT2D eigenvalue weighted by atomic mass is 10.1. The van der Waals surface area contributed by atoms with E-state index < -0.39 is 0 Å². The van der Waals surface area contributed by atoms with Gasteiger partial charge in [0.1, 0.15) is 0 Å². The molecule has 22 heavy (non-hydrogen) atoms. The van der Waals surface area contributed by atoms with Crippen LogP contribution in [0.2, 0.25) is 10.0 Å². The van der Waals surface area contributed by atoms with Crippen LogP contribution in [-0.2, 0) is 4.79 Å². The molecule has 3 unspecified atom stereocenters. The zero-order chi connectivity index (χ0) is 15.7. The molecule has 1 aliphatic rings. The summed E-state index contributed by atoms with van der Waals surface area (Å²) in [6.45, 7) is 1.95. The Bertz CT molecular complexity index is 701. The Balaban J connectivity index is 1.65. The van der Waals surface area contributed by atoms with E-state index in [1.807, 2.05) is 55.5 Å². The van der Waals surface area contributed by atoms with E-state index in [-0.39, 0.29) is 23.8 Å². The summed E-state index contributed by atoms with van der Waals surface area (Å²) in [4.78, 5) is 12.4. The van der Waals surface area contributed by atoms with E-state index in [1.54, 1.807) is 0 Å². The Morgan fingerprint density at radius 2 is 1.73 bits per heavy atom. The van der Waals surface area contributed by atoms with Gasteiger partial charge in [-0.3, -0.25) is 4.79 Å². The number of hydrogen-bond donors (Lipinski definition) is 1. The summed E-state index contributed by atoms with van der Waals surface area (Å²) >= 11 is 12.4. The first-order chi connectivity index (χ1) is 10.6. The van der Waals surface area contributed by atoms with E-state index in [2.05, 4.69) is 5.32 Å². The van der Waals surface area contributed by atoms with E-state index in [9.17, 15) is 4.79 Å². The first kappa shape index (κ1) is 15.4. The lowest BCUT2D eigenvalue weighted by Gasteiger charge is -2.15. The highest BCUT2D eigenvalue weighted by atomic mass is 35.5. The van der Waals surface area contributed by atoms with Gasteiger partial charge in [-0.1, -0.05) is 59.6 Å². The van der Waals surface area contributed by atoms with E-state index in [4.69, 9.17) is 23.2 Å². The topological polar surface area (TPSA) is 29.1 Å². The minimum Gasteiger partial charge on any atom is -0.349 e. The molecule has 3 atom stereocenters. The molecule has 1 aliphatic carbocycles. The molecule has 0 aliphatic heterocycles. The zero-order valence-corrected chi connectivity index (χ0v) is 13.7. The van der Waals surface area contributed by atoms with Crippen molar-refractivity contribution in [1.29, 1.82) is 0 Å². The molecule has 0 spiro atoms. The molecule has 1 fully saturated rings. The molecule has 0 saturated heterocycles. The van der Waals surface area contributed by atoms with Crippen molar-refractivity contribution in [3.05, 3.63) is 69.7 Å². The number of benzene rings is 2. The van der Waals surface area contributed by atoms with Crippen molar-refractivity contribution in [1.82, 2.24) is 5.32 Å². The fourth-order valence-corrected chi connectivity index (χ4v) is 3.40. The molecule has 2 aromatic rings. The molecule has 2 nitrogen and oxygen atoms in total.